The van der Waals surface area contributed by atoms with Crippen LogP contribution in [0, 0.1) is 5.21 Å². The van der Waals surface area contributed by atoms with Crippen molar-refractivity contribution in [3.63, 3.8) is 0 Å². The summed E-state index contributed by atoms with van der Waals surface area (Å²) in [6, 6.07) is 8.26. The zero-order chi connectivity index (χ0) is 10.7. The lowest BCUT2D eigenvalue weighted by molar-refractivity contribution is 0.0904. The first-order valence-electron chi connectivity index (χ1n) is 4.84. The van der Waals surface area contributed by atoms with Gasteiger partial charge in [-0.3, -0.25) is 9.79 Å². The zero-order valence-corrected chi connectivity index (χ0v) is 8.17. The van der Waals surface area contributed by atoms with Gasteiger partial charge in [0.2, 0.25) is 0 Å². The predicted octanol–water partition coefficient (Wildman–Crippen LogP) is 1.47. The van der Waals surface area contributed by atoms with Crippen LogP contribution in [0.4, 0.5) is 0 Å². The van der Waals surface area contributed by atoms with Gasteiger partial charge in [-0.15, -0.1) is 0 Å². The number of rotatable bonds is 2. The van der Waals surface area contributed by atoms with Crippen LogP contribution in [-0.4, -0.2) is 29.8 Å². The molecule has 0 saturated heterocycles. The van der Waals surface area contributed by atoms with Crippen molar-refractivity contribution in [3.05, 3.63) is 41.1 Å². The molecule has 0 fully saturated rings. The fraction of sp³-hybridized carbons (Fsp3) is 0.273. The van der Waals surface area contributed by atoms with E-state index in [1.165, 1.54) is 6.34 Å². The minimum absolute atomic E-state index is 0.128. The summed E-state index contributed by atoms with van der Waals surface area (Å²) in [6.07, 6.45) is 1.68. The Morgan fingerprint density at radius 2 is 2.13 bits per heavy atom. The fourth-order valence-corrected chi connectivity index (χ4v) is 1.58. The van der Waals surface area contributed by atoms with Crippen molar-refractivity contribution in [1.82, 2.24) is 5.06 Å². The first-order chi connectivity index (χ1) is 7.29. The molecule has 1 unspecified atom stereocenters. The van der Waals surface area contributed by atoms with Crippen LogP contribution in [0.3, 0.4) is 0 Å². The summed E-state index contributed by atoms with van der Waals surface area (Å²) in [6.45, 7) is 0.544. The molecule has 1 aliphatic heterocycles. The molecule has 15 heavy (non-hydrogen) atoms. The number of hydrogen-bond acceptors (Lipinski definition) is 4. The number of carbonyl (C=O) groups is 1. The molecular formula is C11H11N2O2-. The molecule has 4 heteroatoms. The smallest absolute Gasteiger partial charge is 0.184 e. The van der Waals surface area contributed by atoms with E-state index < -0.39 is 6.04 Å². The molecule has 78 valence electrons. The number of hydrogen-bond donors (Lipinski definition) is 0. The number of aliphatic imine (C=N–C) groups is 1. The maximum atomic E-state index is 11.9. The second-order valence-corrected chi connectivity index (χ2v) is 3.42. The van der Waals surface area contributed by atoms with Crippen LogP contribution >= 0.6 is 0 Å². The van der Waals surface area contributed by atoms with Gasteiger partial charge >= 0.3 is 0 Å². The van der Waals surface area contributed by atoms with Gasteiger partial charge in [0.05, 0.1) is 12.4 Å². The molecule has 2 rings (SSSR count). The summed E-state index contributed by atoms with van der Waals surface area (Å²) < 4.78 is 0. The Labute approximate surface area is 87.8 Å². The first kappa shape index (κ1) is 9.86. The molecule has 1 aromatic carbocycles. The average Bonchev–Trinajstić information content (AvgIpc) is 2.30. The van der Waals surface area contributed by atoms with Crippen LogP contribution in [0.25, 0.3) is 0 Å². The number of ketones is 1. The lowest BCUT2D eigenvalue weighted by atomic mass is 10.0. The minimum Gasteiger partial charge on any atom is -0.757 e. The van der Waals surface area contributed by atoms with Gasteiger partial charge in [0.25, 0.3) is 0 Å². The van der Waals surface area contributed by atoms with Crippen LogP contribution in [0.2, 0.25) is 0 Å². The summed E-state index contributed by atoms with van der Waals surface area (Å²) in [5.74, 6) is -0.128. The van der Waals surface area contributed by atoms with Crippen molar-refractivity contribution in [1.29, 1.82) is 0 Å². The summed E-state index contributed by atoms with van der Waals surface area (Å²) >= 11 is 0. The minimum atomic E-state index is -0.607. The Kier molecular flexibility index (Phi) is 2.78. The Morgan fingerprint density at radius 1 is 1.40 bits per heavy atom. The number of carbonyl (C=O) groups excluding carboxylic acids is 1. The molecular weight excluding hydrogens is 192 g/mol. The van der Waals surface area contributed by atoms with Gasteiger partial charge in [-0.2, -0.15) is 0 Å². The van der Waals surface area contributed by atoms with Crippen LogP contribution in [0.15, 0.2) is 35.3 Å². The summed E-state index contributed by atoms with van der Waals surface area (Å²) in [7, 11) is 0. The topological polar surface area (TPSA) is 55.7 Å². The highest BCUT2D eigenvalue weighted by Crippen LogP contribution is 2.13. The van der Waals surface area contributed by atoms with Crippen molar-refractivity contribution >= 4 is 12.1 Å². The maximum absolute atomic E-state index is 11.9. The highest BCUT2D eigenvalue weighted by atomic mass is 16.5. The van der Waals surface area contributed by atoms with Gasteiger partial charge in [0, 0.05) is 12.1 Å². The van der Waals surface area contributed by atoms with Crippen LogP contribution < -0.4 is 0 Å². The van der Waals surface area contributed by atoms with Gasteiger partial charge in [-0.1, -0.05) is 30.3 Å². The molecule has 1 aliphatic rings. The molecule has 0 saturated carbocycles. The summed E-state index contributed by atoms with van der Waals surface area (Å²) in [5, 5.41) is 12.0. The number of Topliss-reactive ketones (excluding diaryl/α,β-unsaturated/α-hetero) is 1. The molecule has 0 amide bonds. The van der Waals surface area contributed by atoms with Gasteiger partial charge < -0.3 is 10.3 Å². The van der Waals surface area contributed by atoms with Crippen molar-refractivity contribution in [3.8, 4) is 0 Å². The molecule has 4 nitrogen and oxygen atoms in total. The molecule has 1 aromatic rings. The molecule has 0 N–H and O–H groups in total. The van der Waals surface area contributed by atoms with Crippen LogP contribution in [0.5, 0.6) is 0 Å². The largest absolute Gasteiger partial charge is 0.757 e. The fourth-order valence-electron chi connectivity index (χ4n) is 1.58. The second kappa shape index (κ2) is 4.23. The van der Waals surface area contributed by atoms with E-state index in [4.69, 9.17) is 0 Å². The first-order valence-corrected chi connectivity index (χ1v) is 4.84. The van der Waals surface area contributed by atoms with Crippen LogP contribution in [-0.2, 0) is 0 Å². The van der Waals surface area contributed by atoms with Crippen molar-refractivity contribution in [2.24, 2.45) is 4.99 Å². The van der Waals surface area contributed by atoms with E-state index in [0.717, 1.165) is 0 Å². The third kappa shape index (κ3) is 2.05. The Bertz CT molecular complexity index is 375. The Hall–Kier alpha value is -1.68. The van der Waals surface area contributed by atoms with E-state index >= 15 is 0 Å². The molecule has 0 bridgehead atoms. The highest BCUT2D eigenvalue weighted by Gasteiger charge is 2.21. The normalized spacial score (nSPS) is 20.3. The quantitative estimate of drug-likeness (QED) is 0.684. The molecule has 1 atom stereocenters. The number of hydroxylamine groups is 2. The van der Waals surface area contributed by atoms with Crippen molar-refractivity contribution in [2.45, 2.75) is 12.5 Å². The van der Waals surface area contributed by atoms with E-state index in [-0.39, 0.29) is 5.78 Å². The van der Waals surface area contributed by atoms with E-state index in [2.05, 4.69) is 4.99 Å². The van der Waals surface area contributed by atoms with Crippen molar-refractivity contribution in [2.75, 3.05) is 6.54 Å². The SMILES string of the molecule is O=C(c1ccccc1)C1CCN=CN1[O-]. The highest BCUT2D eigenvalue weighted by molar-refractivity contribution is 6.01. The van der Waals surface area contributed by atoms with E-state index in [0.29, 0.717) is 23.6 Å². The number of benzene rings is 1. The maximum Gasteiger partial charge on any atom is 0.184 e. The summed E-state index contributed by atoms with van der Waals surface area (Å²) in [5.41, 5.74) is 0.582. The standard InChI is InChI=1S/C11H11N2O2/c14-11(9-4-2-1-3-5-9)10-6-7-12-8-13(10)15/h1-5,8,10H,6-7H2/q-1. The lowest BCUT2D eigenvalue weighted by Crippen LogP contribution is -2.39. The lowest BCUT2D eigenvalue weighted by Gasteiger charge is -2.36. The summed E-state index contributed by atoms with van der Waals surface area (Å²) in [4.78, 5) is 15.7. The van der Waals surface area contributed by atoms with E-state index in [1.807, 2.05) is 6.07 Å². The second-order valence-electron chi connectivity index (χ2n) is 3.42. The predicted molar refractivity (Wildman–Crippen MR) is 57.7 cm³/mol. The van der Waals surface area contributed by atoms with Crippen LogP contribution in [0.1, 0.15) is 16.8 Å². The molecule has 0 spiro atoms. The number of nitrogens with zero attached hydrogens (tertiary/aromatic N) is 2. The van der Waals surface area contributed by atoms with Gasteiger partial charge in [-0.05, 0) is 6.42 Å². The van der Waals surface area contributed by atoms with E-state index in [1.54, 1.807) is 24.3 Å². The third-order valence-electron chi connectivity index (χ3n) is 2.40. The molecule has 0 radical (unpaired) electrons. The average molecular weight is 203 g/mol. The van der Waals surface area contributed by atoms with Crippen molar-refractivity contribution < 1.29 is 4.79 Å². The third-order valence-corrected chi connectivity index (χ3v) is 2.40. The monoisotopic (exact) mass is 203 g/mol. The molecule has 0 aromatic heterocycles. The Morgan fingerprint density at radius 3 is 2.80 bits per heavy atom. The zero-order valence-electron chi connectivity index (χ0n) is 8.17. The molecule has 1 heterocycles. The van der Waals surface area contributed by atoms with Gasteiger partial charge in [-0.25, -0.2) is 0 Å². The molecule has 0 aliphatic carbocycles. The van der Waals surface area contributed by atoms with Gasteiger partial charge in [0.15, 0.2) is 5.78 Å². The van der Waals surface area contributed by atoms with Gasteiger partial charge in [0.1, 0.15) is 0 Å². The van der Waals surface area contributed by atoms with E-state index in [9.17, 15) is 10.0 Å². The Balaban J connectivity index is 2.18.